The van der Waals surface area contributed by atoms with E-state index in [0.717, 1.165) is 0 Å². The molecule has 0 atom stereocenters. The highest BCUT2D eigenvalue weighted by atomic mass is 16.4. The van der Waals surface area contributed by atoms with Crippen LogP contribution in [0.1, 0.15) is 21.0 Å². The maximum Gasteiger partial charge on any atom is 0.358 e. The van der Waals surface area contributed by atoms with Gasteiger partial charge in [0.05, 0.1) is 12.7 Å². The van der Waals surface area contributed by atoms with Gasteiger partial charge in [-0.25, -0.2) is 14.5 Å². The van der Waals surface area contributed by atoms with Crippen molar-refractivity contribution in [3.8, 4) is 5.75 Å². The van der Waals surface area contributed by atoms with E-state index in [-0.39, 0.29) is 30.2 Å². The summed E-state index contributed by atoms with van der Waals surface area (Å²) in [5.74, 6) is -1.90. The third kappa shape index (κ3) is 3.07. The number of nitrogens with zero attached hydrogens (tertiary/aromatic N) is 4. The van der Waals surface area contributed by atoms with Gasteiger partial charge in [0, 0.05) is 12.7 Å². The normalized spacial score (nSPS) is 10.2. The van der Waals surface area contributed by atoms with E-state index >= 15 is 0 Å². The summed E-state index contributed by atoms with van der Waals surface area (Å²) in [5, 5.41) is 27.7. The number of carboxylic acid groups (broad SMARTS) is 1. The molecule has 9 nitrogen and oxygen atoms in total. The molecule has 1 amide bonds. The zero-order valence-electron chi connectivity index (χ0n) is 10.2. The Hall–Kier alpha value is -2.97. The van der Waals surface area contributed by atoms with Gasteiger partial charge in [0.2, 0.25) is 0 Å². The first kappa shape index (κ1) is 13.5. The molecule has 0 aromatic carbocycles. The molecule has 0 unspecified atom stereocenters. The van der Waals surface area contributed by atoms with E-state index in [4.69, 9.17) is 5.11 Å². The van der Waals surface area contributed by atoms with Crippen LogP contribution in [0.3, 0.4) is 0 Å². The number of carbonyl (C=O) groups is 2. The number of carbonyl (C=O) groups excluding carboxylic acids is 1. The summed E-state index contributed by atoms with van der Waals surface area (Å²) in [7, 11) is 0. The summed E-state index contributed by atoms with van der Waals surface area (Å²) in [5.41, 5.74) is -0.240. The van der Waals surface area contributed by atoms with E-state index in [2.05, 4.69) is 20.6 Å². The number of pyridine rings is 1. The molecular weight excluding hydrogens is 266 g/mol. The lowest BCUT2D eigenvalue weighted by Gasteiger charge is -2.05. The maximum atomic E-state index is 11.7. The van der Waals surface area contributed by atoms with Gasteiger partial charge in [-0.2, -0.15) is 0 Å². The fourth-order valence-corrected chi connectivity index (χ4v) is 1.45. The van der Waals surface area contributed by atoms with E-state index in [0.29, 0.717) is 0 Å². The second kappa shape index (κ2) is 5.78. The number of rotatable bonds is 5. The van der Waals surface area contributed by atoms with Gasteiger partial charge < -0.3 is 15.5 Å². The van der Waals surface area contributed by atoms with Gasteiger partial charge in [-0.1, -0.05) is 5.21 Å². The molecule has 9 heteroatoms. The van der Waals surface area contributed by atoms with E-state index in [9.17, 15) is 14.7 Å². The van der Waals surface area contributed by atoms with Crippen molar-refractivity contribution < 1.29 is 19.8 Å². The molecule has 2 aromatic heterocycles. The lowest BCUT2D eigenvalue weighted by atomic mass is 10.3. The largest absolute Gasteiger partial charge is 0.505 e. The van der Waals surface area contributed by atoms with Crippen LogP contribution >= 0.6 is 0 Å². The molecule has 0 saturated heterocycles. The van der Waals surface area contributed by atoms with Crippen LogP contribution in [0.4, 0.5) is 0 Å². The number of amides is 1. The minimum Gasteiger partial charge on any atom is -0.505 e. The van der Waals surface area contributed by atoms with Gasteiger partial charge in [-0.3, -0.25) is 4.79 Å². The van der Waals surface area contributed by atoms with Gasteiger partial charge in [-0.05, 0) is 12.1 Å². The van der Waals surface area contributed by atoms with Crippen LogP contribution in [-0.2, 0) is 6.54 Å². The Balaban J connectivity index is 1.88. The molecule has 20 heavy (non-hydrogen) atoms. The lowest BCUT2D eigenvalue weighted by molar-refractivity contribution is 0.0690. The summed E-state index contributed by atoms with van der Waals surface area (Å²) in [4.78, 5) is 26.0. The van der Waals surface area contributed by atoms with Crippen LogP contribution in [0.25, 0.3) is 0 Å². The van der Waals surface area contributed by atoms with Gasteiger partial charge in [0.25, 0.3) is 5.91 Å². The Morgan fingerprint density at radius 1 is 1.40 bits per heavy atom. The van der Waals surface area contributed by atoms with Crippen LogP contribution in [0.2, 0.25) is 0 Å². The molecule has 0 fully saturated rings. The highest BCUT2D eigenvalue weighted by molar-refractivity contribution is 5.94. The molecule has 2 heterocycles. The highest BCUT2D eigenvalue weighted by Gasteiger charge is 2.12. The fraction of sp³-hybridized carbons (Fsp3) is 0.182. The molecule has 0 bridgehead atoms. The maximum absolute atomic E-state index is 11.7. The van der Waals surface area contributed by atoms with Gasteiger partial charge in [0.1, 0.15) is 5.75 Å². The van der Waals surface area contributed by atoms with Crippen molar-refractivity contribution in [3.05, 3.63) is 35.9 Å². The molecule has 2 rings (SSSR count). The summed E-state index contributed by atoms with van der Waals surface area (Å²) in [6, 6.07) is 2.87. The molecular formula is C11H11N5O4. The van der Waals surface area contributed by atoms with E-state index in [1.165, 1.54) is 29.2 Å². The molecule has 0 spiro atoms. The standard InChI is InChI=1S/C11H11N5O4/c17-8-2-1-3-12-9(8)10(18)13-4-5-16-6-7(11(19)20)14-15-16/h1-3,6,17H,4-5H2,(H,13,18)(H,19,20). The van der Waals surface area contributed by atoms with E-state index < -0.39 is 11.9 Å². The molecule has 0 radical (unpaired) electrons. The van der Waals surface area contributed by atoms with Crippen LogP contribution in [0.5, 0.6) is 5.75 Å². The van der Waals surface area contributed by atoms with Crippen molar-refractivity contribution in [1.82, 2.24) is 25.3 Å². The van der Waals surface area contributed by atoms with Crippen molar-refractivity contribution in [2.75, 3.05) is 6.54 Å². The Morgan fingerprint density at radius 3 is 2.85 bits per heavy atom. The number of hydrogen-bond acceptors (Lipinski definition) is 6. The SMILES string of the molecule is O=C(O)c1cn(CCNC(=O)c2ncccc2O)nn1. The summed E-state index contributed by atoms with van der Waals surface area (Å²) < 4.78 is 1.29. The average molecular weight is 277 g/mol. The van der Waals surface area contributed by atoms with Gasteiger partial charge in [0.15, 0.2) is 11.4 Å². The summed E-state index contributed by atoms with van der Waals surface area (Å²) in [6.45, 7) is 0.441. The Morgan fingerprint density at radius 2 is 2.20 bits per heavy atom. The third-order valence-electron chi connectivity index (χ3n) is 2.39. The van der Waals surface area contributed by atoms with E-state index in [1.807, 2.05) is 0 Å². The molecule has 0 aliphatic rings. The monoisotopic (exact) mass is 277 g/mol. The first-order valence-electron chi connectivity index (χ1n) is 5.63. The number of aromatic nitrogens is 4. The second-order valence-corrected chi connectivity index (χ2v) is 3.80. The molecule has 0 aliphatic heterocycles. The van der Waals surface area contributed by atoms with Crippen LogP contribution in [0.15, 0.2) is 24.5 Å². The van der Waals surface area contributed by atoms with Crippen LogP contribution in [-0.4, -0.2) is 48.6 Å². The van der Waals surface area contributed by atoms with E-state index in [1.54, 1.807) is 0 Å². The topological polar surface area (TPSA) is 130 Å². The number of carboxylic acids is 1. The molecule has 0 aliphatic carbocycles. The zero-order chi connectivity index (χ0) is 14.5. The number of hydrogen-bond donors (Lipinski definition) is 3. The van der Waals surface area contributed by atoms with Crippen molar-refractivity contribution in [3.63, 3.8) is 0 Å². The summed E-state index contributed by atoms with van der Waals surface area (Å²) in [6.07, 6.45) is 2.65. The Labute approximate surface area is 112 Å². The molecule has 2 aromatic rings. The first-order chi connectivity index (χ1) is 9.58. The van der Waals surface area contributed by atoms with Crippen LogP contribution < -0.4 is 5.32 Å². The van der Waals surface area contributed by atoms with Crippen molar-refractivity contribution >= 4 is 11.9 Å². The predicted octanol–water partition coefficient (Wildman–Crippen LogP) is -0.493. The molecule has 0 saturated carbocycles. The number of nitrogens with one attached hydrogen (secondary N) is 1. The Bertz CT molecular complexity index is 639. The van der Waals surface area contributed by atoms with Crippen LogP contribution in [0, 0.1) is 0 Å². The second-order valence-electron chi connectivity index (χ2n) is 3.80. The predicted molar refractivity (Wildman–Crippen MR) is 65.2 cm³/mol. The molecule has 3 N–H and O–H groups in total. The van der Waals surface area contributed by atoms with Gasteiger partial charge in [-0.15, -0.1) is 5.10 Å². The number of aromatic hydroxyl groups is 1. The Kier molecular flexibility index (Phi) is 3.89. The lowest BCUT2D eigenvalue weighted by Crippen LogP contribution is -2.28. The van der Waals surface area contributed by atoms with Crippen molar-refractivity contribution in [2.45, 2.75) is 6.54 Å². The third-order valence-corrected chi connectivity index (χ3v) is 2.39. The molecule has 104 valence electrons. The zero-order valence-corrected chi connectivity index (χ0v) is 10.2. The minimum atomic E-state index is -1.17. The highest BCUT2D eigenvalue weighted by Crippen LogP contribution is 2.11. The van der Waals surface area contributed by atoms with Gasteiger partial charge >= 0.3 is 5.97 Å². The number of aromatic carboxylic acids is 1. The minimum absolute atomic E-state index is 0.0719. The quantitative estimate of drug-likeness (QED) is 0.672. The first-order valence-corrected chi connectivity index (χ1v) is 5.63. The van der Waals surface area contributed by atoms with Crippen molar-refractivity contribution in [1.29, 1.82) is 0 Å². The fourth-order valence-electron chi connectivity index (χ4n) is 1.45. The smallest absolute Gasteiger partial charge is 0.358 e. The van der Waals surface area contributed by atoms with Crippen molar-refractivity contribution in [2.24, 2.45) is 0 Å². The average Bonchev–Trinajstić information content (AvgIpc) is 2.88. The summed E-state index contributed by atoms with van der Waals surface area (Å²) >= 11 is 0.